The molecule has 4 heteroatoms. The van der Waals surface area contributed by atoms with Crippen molar-refractivity contribution in [1.29, 1.82) is 0 Å². The van der Waals surface area contributed by atoms with E-state index in [-0.39, 0.29) is 23.8 Å². The molecule has 1 aliphatic heterocycles. The molecule has 0 spiro atoms. The van der Waals surface area contributed by atoms with Gasteiger partial charge in [-0.05, 0) is 37.6 Å². The van der Waals surface area contributed by atoms with Crippen molar-refractivity contribution in [2.75, 3.05) is 13.1 Å². The zero-order valence-electron chi connectivity index (χ0n) is 14.2. The fourth-order valence-electron chi connectivity index (χ4n) is 3.43. The van der Waals surface area contributed by atoms with Crippen molar-refractivity contribution in [3.8, 4) is 0 Å². The molecule has 1 aliphatic rings. The van der Waals surface area contributed by atoms with Crippen molar-refractivity contribution in [1.82, 2.24) is 9.80 Å². The number of carbonyl (C=O) groups excluding carboxylic acids is 1. The van der Waals surface area contributed by atoms with Gasteiger partial charge >= 0.3 is 0 Å². The highest BCUT2D eigenvalue weighted by Gasteiger charge is 2.32. The molecule has 3 rings (SSSR count). The number of hydrogen-bond acceptors (Lipinski definition) is 2. The summed E-state index contributed by atoms with van der Waals surface area (Å²) < 4.78 is 13.4. The van der Waals surface area contributed by atoms with Crippen LogP contribution in [0.25, 0.3) is 0 Å². The first kappa shape index (κ1) is 16.7. The maximum Gasteiger partial charge on any atom is 0.254 e. The van der Waals surface area contributed by atoms with E-state index in [1.165, 1.54) is 17.7 Å². The molecule has 126 valence electrons. The molecule has 3 nitrogen and oxygen atoms in total. The van der Waals surface area contributed by atoms with Crippen LogP contribution in [0.15, 0.2) is 54.6 Å². The first-order chi connectivity index (χ1) is 11.5. The van der Waals surface area contributed by atoms with E-state index in [1.54, 1.807) is 12.1 Å². The predicted molar refractivity (Wildman–Crippen MR) is 93.2 cm³/mol. The molecular weight excluding hydrogens is 303 g/mol. The molecule has 1 amide bonds. The average Bonchev–Trinajstić information content (AvgIpc) is 2.58. The monoisotopic (exact) mass is 326 g/mol. The summed E-state index contributed by atoms with van der Waals surface area (Å²) in [6, 6.07) is 16.8. The van der Waals surface area contributed by atoms with Crippen molar-refractivity contribution in [2.24, 2.45) is 0 Å². The number of benzene rings is 2. The molecule has 2 aromatic carbocycles. The van der Waals surface area contributed by atoms with E-state index in [9.17, 15) is 9.18 Å². The lowest BCUT2D eigenvalue weighted by atomic mass is 10.0. The topological polar surface area (TPSA) is 23.6 Å². The van der Waals surface area contributed by atoms with Crippen molar-refractivity contribution in [3.05, 3.63) is 71.5 Å². The quantitative estimate of drug-likeness (QED) is 0.861. The molecule has 1 saturated heterocycles. The molecule has 1 heterocycles. The average molecular weight is 326 g/mol. The van der Waals surface area contributed by atoms with Crippen LogP contribution in [-0.2, 0) is 6.54 Å². The van der Waals surface area contributed by atoms with Gasteiger partial charge in [0.05, 0.1) is 0 Å². The van der Waals surface area contributed by atoms with Gasteiger partial charge in [0.1, 0.15) is 5.82 Å². The second kappa shape index (κ2) is 7.14. The Morgan fingerprint density at radius 3 is 2.33 bits per heavy atom. The number of piperazine rings is 1. The van der Waals surface area contributed by atoms with Crippen LogP contribution in [0.4, 0.5) is 4.39 Å². The highest BCUT2D eigenvalue weighted by Crippen LogP contribution is 2.20. The van der Waals surface area contributed by atoms with Gasteiger partial charge in [-0.1, -0.05) is 36.4 Å². The number of amides is 1. The summed E-state index contributed by atoms with van der Waals surface area (Å²) in [5.41, 5.74) is 1.70. The third-order valence-corrected chi connectivity index (χ3v) is 4.67. The Kier molecular flexibility index (Phi) is 4.95. The molecular formula is C20H23FN2O. The second-order valence-corrected chi connectivity index (χ2v) is 6.58. The lowest BCUT2D eigenvalue weighted by molar-refractivity contribution is 0.0269. The second-order valence-electron chi connectivity index (χ2n) is 6.58. The van der Waals surface area contributed by atoms with Gasteiger partial charge in [0.2, 0.25) is 0 Å². The number of nitrogens with zero attached hydrogens (tertiary/aromatic N) is 2. The Labute approximate surface area is 142 Å². The van der Waals surface area contributed by atoms with Gasteiger partial charge in [-0.2, -0.15) is 0 Å². The zero-order chi connectivity index (χ0) is 17.1. The molecule has 0 radical (unpaired) electrons. The first-order valence-electron chi connectivity index (χ1n) is 8.39. The van der Waals surface area contributed by atoms with Gasteiger partial charge < -0.3 is 4.90 Å². The van der Waals surface area contributed by atoms with Gasteiger partial charge in [0.15, 0.2) is 0 Å². The smallest absolute Gasteiger partial charge is 0.254 e. The van der Waals surface area contributed by atoms with Crippen molar-refractivity contribution in [2.45, 2.75) is 32.5 Å². The Morgan fingerprint density at radius 1 is 1.04 bits per heavy atom. The van der Waals surface area contributed by atoms with Gasteiger partial charge in [0.25, 0.3) is 5.91 Å². The Morgan fingerprint density at radius 2 is 1.71 bits per heavy atom. The van der Waals surface area contributed by atoms with Crippen LogP contribution in [0.1, 0.15) is 29.8 Å². The van der Waals surface area contributed by atoms with Crippen LogP contribution in [0.2, 0.25) is 0 Å². The minimum Gasteiger partial charge on any atom is -0.336 e. The number of halogens is 1. The highest BCUT2D eigenvalue weighted by molar-refractivity contribution is 5.94. The van der Waals surface area contributed by atoms with Crippen LogP contribution in [0, 0.1) is 5.82 Å². The van der Waals surface area contributed by atoms with Crippen LogP contribution in [0.5, 0.6) is 0 Å². The molecule has 0 aromatic heterocycles. The fourth-order valence-corrected chi connectivity index (χ4v) is 3.43. The van der Waals surface area contributed by atoms with Crippen LogP contribution in [-0.4, -0.2) is 40.9 Å². The highest BCUT2D eigenvalue weighted by atomic mass is 19.1. The molecule has 0 aliphatic carbocycles. The van der Waals surface area contributed by atoms with Gasteiger partial charge in [0, 0.05) is 37.3 Å². The minimum atomic E-state index is -0.371. The lowest BCUT2D eigenvalue weighted by Gasteiger charge is -2.44. The molecule has 2 atom stereocenters. The molecule has 1 fully saturated rings. The molecule has 0 saturated carbocycles. The van der Waals surface area contributed by atoms with Crippen molar-refractivity contribution in [3.63, 3.8) is 0 Å². The summed E-state index contributed by atoms with van der Waals surface area (Å²) in [6.07, 6.45) is 0. The maximum absolute atomic E-state index is 13.4. The van der Waals surface area contributed by atoms with Crippen LogP contribution < -0.4 is 0 Å². The maximum atomic E-state index is 13.4. The van der Waals surface area contributed by atoms with Crippen LogP contribution in [0.3, 0.4) is 0 Å². The molecule has 2 aromatic rings. The molecule has 0 bridgehead atoms. The summed E-state index contributed by atoms with van der Waals surface area (Å²) in [4.78, 5) is 16.9. The van der Waals surface area contributed by atoms with E-state index < -0.39 is 0 Å². The Hall–Kier alpha value is -2.20. The summed E-state index contributed by atoms with van der Waals surface area (Å²) in [7, 11) is 0. The SMILES string of the molecule is CC1CN(C(=O)c2cccc(F)c2)CC(C)N1Cc1ccccc1. The fraction of sp³-hybridized carbons (Fsp3) is 0.350. The number of carbonyl (C=O) groups is 1. The summed E-state index contributed by atoms with van der Waals surface area (Å²) in [5.74, 6) is -0.461. The van der Waals surface area contributed by atoms with E-state index in [1.807, 2.05) is 23.1 Å². The normalized spacial score (nSPS) is 21.7. The zero-order valence-corrected chi connectivity index (χ0v) is 14.2. The molecule has 24 heavy (non-hydrogen) atoms. The van der Waals surface area contributed by atoms with E-state index in [4.69, 9.17) is 0 Å². The predicted octanol–water partition coefficient (Wildman–Crippen LogP) is 3.56. The van der Waals surface area contributed by atoms with E-state index in [0.717, 1.165) is 6.54 Å². The van der Waals surface area contributed by atoms with Crippen molar-refractivity contribution < 1.29 is 9.18 Å². The summed E-state index contributed by atoms with van der Waals surface area (Å²) in [5, 5.41) is 0. The summed E-state index contributed by atoms with van der Waals surface area (Å²) in [6.45, 7) is 6.49. The van der Waals surface area contributed by atoms with Gasteiger partial charge in [-0.15, -0.1) is 0 Å². The third kappa shape index (κ3) is 3.65. The lowest BCUT2D eigenvalue weighted by Crippen LogP contribution is -2.57. The van der Waals surface area contributed by atoms with E-state index >= 15 is 0 Å². The van der Waals surface area contributed by atoms with E-state index in [0.29, 0.717) is 18.7 Å². The third-order valence-electron chi connectivity index (χ3n) is 4.67. The number of hydrogen-bond donors (Lipinski definition) is 0. The standard InChI is InChI=1S/C20H23FN2O/c1-15-12-22(20(24)18-9-6-10-19(21)11-18)13-16(2)23(15)14-17-7-4-3-5-8-17/h3-11,15-16H,12-14H2,1-2H3. The minimum absolute atomic E-state index is 0.0902. The number of rotatable bonds is 3. The van der Waals surface area contributed by atoms with Gasteiger partial charge in [-0.25, -0.2) is 4.39 Å². The van der Waals surface area contributed by atoms with Gasteiger partial charge in [-0.3, -0.25) is 9.69 Å². The Balaban J connectivity index is 1.70. The van der Waals surface area contributed by atoms with Crippen molar-refractivity contribution >= 4 is 5.91 Å². The molecule has 2 unspecified atom stereocenters. The summed E-state index contributed by atoms with van der Waals surface area (Å²) >= 11 is 0. The molecule has 0 N–H and O–H groups in total. The van der Waals surface area contributed by atoms with E-state index in [2.05, 4.69) is 30.9 Å². The Bertz CT molecular complexity index is 692. The van der Waals surface area contributed by atoms with Crippen LogP contribution >= 0.6 is 0 Å². The first-order valence-corrected chi connectivity index (χ1v) is 8.39. The largest absolute Gasteiger partial charge is 0.336 e.